The summed E-state index contributed by atoms with van der Waals surface area (Å²) in [5.41, 5.74) is 1.11. The number of hydrogen-bond acceptors (Lipinski definition) is 6. The van der Waals surface area contributed by atoms with Crippen molar-refractivity contribution in [1.29, 1.82) is 0 Å². The lowest BCUT2D eigenvalue weighted by molar-refractivity contribution is 0.0563. The molecule has 194 valence electrons. The van der Waals surface area contributed by atoms with E-state index in [1.54, 1.807) is 49.3 Å². The molecule has 0 spiro atoms. The molecule has 1 aliphatic heterocycles. The number of carbonyl (C=O) groups is 1. The zero-order valence-corrected chi connectivity index (χ0v) is 22.3. The summed E-state index contributed by atoms with van der Waals surface area (Å²) in [6.45, 7) is 7.78. The molecule has 0 fully saturated rings. The second-order valence-corrected chi connectivity index (χ2v) is 11.6. The number of fused-ring (bicyclic) bond motifs is 1. The van der Waals surface area contributed by atoms with Gasteiger partial charge in [-0.05, 0) is 43.2 Å². The molecule has 3 rings (SSSR count). The van der Waals surface area contributed by atoms with Crippen molar-refractivity contribution in [3.8, 4) is 17.6 Å². The highest BCUT2D eigenvalue weighted by Gasteiger charge is 2.38. The predicted molar refractivity (Wildman–Crippen MR) is 138 cm³/mol. The summed E-state index contributed by atoms with van der Waals surface area (Å²) in [5, 5.41) is 9.80. The first-order valence-corrected chi connectivity index (χ1v) is 13.6. The Morgan fingerprint density at radius 1 is 1.31 bits per heavy atom. The topological polar surface area (TPSA) is 100 Å². The Balaban J connectivity index is 2.00. The molecule has 3 atom stereocenters. The third kappa shape index (κ3) is 6.44. The molecule has 2 aromatic rings. The first-order chi connectivity index (χ1) is 17.0. The van der Waals surface area contributed by atoms with Gasteiger partial charge in [0.05, 0.1) is 18.7 Å². The van der Waals surface area contributed by atoms with E-state index >= 15 is 0 Å². The number of aliphatic hydroxyl groups is 1. The minimum absolute atomic E-state index is 0.0235. The van der Waals surface area contributed by atoms with E-state index in [2.05, 4.69) is 30.7 Å². The van der Waals surface area contributed by atoms with Crippen molar-refractivity contribution in [3.05, 3.63) is 53.9 Å². The number of pyridine rings is 1. The number of nitrogens with zero attached hydrogens (tertiary/aromatic N) is 3. The summed E-state index contributed by atoms with van der Waals surface area (Å²) in [6.07, 6.45) is 3.33. The van der Waals surface area contributed by atoms with Crippen molar-refractivity contribution >= 4 is 15.9 Å². The predicted octanol–water partition coefficient (Wildman–Crippen LogP) is 3.02. The Hall–Kier alpha value is -2.93. The monoisotopic (exact) mass is 513 g/mol. The molecular weight excluding hydrogens is 478 g/mol. The van der Waals surface area contributed by atoms with Gasteiger partial charge in [0.2, 0.25) is 10.0 Å². The minimum Gasteiger partial charge on any atom is -0.487 e. The number of carbonyl (C=O) groups excluding carboxylic acids is 1. The number of benzene rings is 1. The average molecular weight is 514 g/mol. The summed E-state index contributed by atoms with van der Waals surface area (Å²) in [4.78, 5) is 18.5. The lowest BCUT2D eigenvalue weighted by atomic mass is 10.0. The third-order valence-electron chi connectivity index (χ3n) is 6.12. The number of aromatic nitrogens is 1. The van der Waals surface area contributed by atoms with Crippen LogP contribution in [0.15, 0.2) is 47.6 Å². The van der Waals surface area contributed by atoms with Crippen molar-refractivity contribution in [1.82, 2.24) is 14.2 Å². The third-order valence-corrected chi connectivity index (χ3v) is 8.14. The molecule has 0 bridgehead atoms. The molecule has 8 nitrogen and oxygen atoms in total. The van der Waals surface area contributed by atoms with E-state index in [-0.39, 0.29) is 42.2 Å². The van der Waals surface area contributed by atoms with Gasteiger partial charge in [-0.2, -0.15) is 4.31 Å². The van der Waals surface area contributed by atoms with Crippen LogP contribution in [0.5, 0.6) is 5.75 Å². The van der Waals surface area contributed by atoms with E-state index in [9.17, 15) is 18.3 Å². The molecule has 1 aliphatic rings. The van der Waals surface area contributed by atoms with Crippen LogP contribution in [0, 0.1) is 23.7 Å². The maximum Gasteiger partial charge on any atom is 0.255 e. The lowest BCUT2D eigenvalue weighted by Gasteiger charge is -2.37. The van der Waals surface area contributed by atoms with E-state index in [1.165, 1.54) is 16.6 Å². The standard InChI is InChI=1S/C27H35N3O5S/c1-19(2)8-6-9-22-11-12-26-24(14-22)35-25(17-29(5)27(32)23-10-7-13-28-15-23)20(3)16-30(21(4)18-31)36(26,33)34/h7,10-15,19-21,25,31H,8,16-18H2,1-5H3/t20-,21-,25-/m0/s1. The fourth-order valence-corrected chi connectivity index (χ4v) is 5.77. The van der Waals surface area contributed by atoms with Gasteiger partial charge < -0.3 is 14.7 Å². The molecule has 1 aromatic carbocycles. The number of amides is 1. The van der Waals surface area contributed by atoms with Gasteiger partial charge in [0.1, 0.15) is 16.7 Å². The van der Waals surface area contributed by atoms with Gasteiger partial charge >= 0.3 is 0 Å². The molecule has 2 heterocycles. The Morgan fingerprint density at radius 2 is 2.06 bits per heavy atom. The molecule has 0 radical (unpaired) electrons. The van der Waals surface area contributed by atoms with Crippen molar-refractivity contribution in [2.24, 2.45) is 11.8 Å². The smallest absolute Gasteiger partial charge is 0.255 e. The van der Waals surface area contributed by atoms with Crippen molar-refractivity contribution in [3.63, 3.8) is 0 Å². The second-order valence-electron chi connectivity index (χ2n) is 9.73. The van der Waals surface area contributed by atoms with Gasteiger partial charge in [0.15, 0.2) is 0 Å². The van der Waals surface area contributed by atoms with E-state index in [0.717, 1.165) is 6.42 Å². The zero-order chi connectivity index (χ0) is 26.5. The van der Waals surface area contributed by atoms with Crippen molar-refractivity contribution in [2.75, 3.05) is 26.7 Å². The average Bonchev–Trinajstić information content (AvgIpc) is 2.85. The van der Waals surface area contributed by atoms with Crippen LogP contribution >= 0.6 is 0 Å². The van der Waals surface area contributed by atoms with Crippen LogP contribution in [0.4, 0.5) is 0 Å². The first-order valence-electron chi connectivity index (χ1n) is 12.1. The molecule has 1 aromatic heterocycles. The highest BCUT2D eigenvalue weighted by molar-refractivity contribution is 7.89. The fraction of sp³-hybridized carbons (Fsp3) is 0.481. The van der Waals surface area contributed by atoms with E-state index in [4.69, 9.17) is 4.74 Å². The quantitative estimate of drug-likeness (QED) is 0.596. The Morgan fingerprint density at radius 3 is 2.69 bits per heavy atom. The number of ether oxygens (including phenoxy) is 1. The van der Waals surface area contributed by atoms with Gasteiger partial charge in [-0.15, -0.1) is 0 Å². The summed E-state index contributed by atoms with van der Waals surface area (Å²) < 4.78 is 34.8. The lowest BCUT2D eigenvalue weighted by Crippen LogP contribution is -2.50. The summed E-state index contributed by atoms with van der Waals surface area (Å²) in [6, 6.07) is 7.61. The van der Waals surface area contributed by atoms with Crippen molar-refractivity contribution in [2.45, 2.75) is 51.2 Å². The van der Waals surface area contributed by atoms with Gasteiger partial charge in [-0.1, -0.05) is 32.6 Å². The highest BCUT2D eigenvalue weighted by Crippen LogP contribution is 2.34. The number of rotatable bonds is 6. The van der Waals surface area contributed by atoms with Gasteiger partial charge in [0.25, 0.3) is 5.91 Å². The maximum atomic E-state index is 13.6. The van der Waals surface area contributed by atoms with Crippen molar-refractivity contribution < 1.29 is 23.1 Å². The molecule has 0 saturated heterocycles. The molecule has 9 heteroatoms. The van der Waals surface area contributed by atoms with E-state index < -0.39 is 22.2 Å². The highest BCUT2D eigenvalue weighted by atomic mass is 32.2. The SMILES string of the molecule is CC(C)CC#Cc1ccc2c(c1)O[C@@H](CN(C)C(=O)c1cccnc1)[C@@H](C)CN([C@@H](C)CO)S2(=O)=O. The number of sulfonamides is 1. The molecule has 0 aliphatic carbocycles. The van der Waals surface area contributed by atoms with Crippen LogP contribution in [0.25, 0.3) is 0 Å². The normalized spacial score (nSPS) is 20.2. The largest absolute Gasteiger partial charge is 0.487 e. The summed E-state index contributed by atoms with van der Waals surface area (Å²) in [7, 11) is -2.25. The Labute approximate surface area is 214 Å². The van der Waals surface area contributed by atoms with Crippen LogP contribution in [-0.4, -0.2) is 72.5 Å². The van der Waals surface area contributed by atoms with Crippen LogP contribution in [0.3, 0.4) is 0 Å². The molecule has 1 N–H and O–H groups in total. The van der Waals surface area contributed by atoms with Crippen LogP contribution in [0.1, 0.15) is 50.0 Å². The molecular formula is C27H35N3O5S. The summed E-state index contributed by atoms with van der Waals surface area (Å²) in [5.74, 6) is 6.35. The number of hydrogen-bond donors (Lipinski definition) is 1. The van der Waals surface area contributed by atoms with Crippen LogP contribution in [0.2, 0.25) is 0 Å². The molecule has 0 unspecified atom stereocenters. The van der Waals surface area contributed by atoms with Crippen LogP contribution in [-0.2, 0) is 10.0 Å². The zero-order valence-electron chi connectivity index (χ0n) is 21.5. The Kier molecular flexibility index (Phi) is 9.12. The molecule has 1 amide bonds. The molecule has 36 heavy (non-hydrogen) atoms. The fourth-order valence-electron chi connectivity index (χ4n) is 3.94. The maximum absolute atomic E-state index is 13.6. The van der Waals surface area contributed by atoms with Gasteiger partial charge in [-0.25, -0.2) is 8.42 Å². The minimum atomic E-state index is -3.94. The number of likely N-dealkylation sites (N-methyl/N-ethyl adjacent to an activating group) is 1. The first kappa shape index (κ1) is 27.7. The van der Waals surface area contributed by atoms with E-state index in [1.807, 2.05) is 6.92 Å². The van der Waals surface area contributed by atoms with E-state index in [0.29, 0.717) is 17.0 Å². The summed E-state index contributed by atoms with van der Waals surface area (Å²) >= 11 is 0. The van der Waals surface area contributed by atoms with Gasteiger partial charge in [-0.3, -0.25) is 9.78 Å². The van der Waals surface area contributed by atoms with Crippen LogP contribution < -0.4 is 4.74 Å². The number of aliphatic hydroxyl groups excluding tert-OH is 1. The van der Waals surface area contributed by atoms with Gasteiger partial charge in [0, 0.05) is 49.9 Å². The Bertz CT molecular complexity index is 1220. The second kappa shape index (κ2) is 11.9. The molecule has 0 saturated carbocycles.